The van der Waals surface area contributed by atoms with Crippen molar-refractivity contribution in [3.05, 3.63) is 17.5 Å². The second kappa shape index (κ2) is 4.96. The van der Waals surface area contributed by atoms with Crippen LogP contribution in [0, 0.1) is 6.92 Å². The van der Waals surface area contributed by atoms with E-state index in [4.69, 9.17) is 9.26 Å². The Kier molecular flexibility index (Phi) is 3.71. The van der Waals surface area contributed by atoms with E-state index in [1.165, 1.54) is 0 Å². The van der Waals surface area contributed by atoms with E-state index in [-0.39, 0.29) is 18.9 Å². The second-order valence-electron chi connectivity index (χ2n) is 4.54. The van der Waals surface area contributed by atoms with Crippen LogP contribution in [0.1, 0.15) is 17.9 Å². The van der Waals surface area contributed by atoms with Crippen molar-refractivity contribution in [1.29, 1.82) is 0 Å². The number of aryl methyl sites for hydroxylation is 1. The zero-order chi connectivity index (χ0) is 13.2. The van der Waals surface area contributed by atoms with Gasteiger partial charge in [0.1, 0.15) is 22.8 Å². The molecule has 0 bridgehead atoms. The molecule has 0 spiro atoms. The van der Waals surface area contributed by atoms with Crippen molar-refractivity contribution in [2.24, 2.45) is 0 Å². The number of hydrogen-bond donors (Lipinski definition) is 2. The molecule has 1 fully saturated rings. The molecular weight excluding hydrogens is 260 g/mol. The SMILES string of the molecule is Cc1cc(CS(=O)(=O)NCC2(O)CCOC2)no1. The lowest BCUT2D eigenvalue weighted by Gasteiger charge is -2.20. The lowest BCUT2D eigenvalue weighted by molar-refractivity contribution is 0.0314. The van der Waals surface area contributed by atoms with Crippen LogP contribution in [-0.4, -0.2) is 44.0 Å². The second-order valence-corrected chi connectivity index (χ2v) is 6.34. The summed E-state index contributed by atoms with van der Waals surface area (Å²) in [6.07, 6.45) is 0.429. The molecule has 8 heteroatoms. The minimum absolute atomic E-state index is 0.0494. The summed E-state index contributed by atoms with van der Waals surface area (Å²) in [5, 5.41) is 13.6. The molecule has 2 N–H and O–H groups in total. The van der Waals surface area contributed by atoms with Crippen LogP contribution in [-0.2, 0) is 20.5 Å². The molecule has 1 aliphatic heterocycles. The zero-order valence-electron chi connectivity index (χ0n) is 10.0. The molecule has 1 saturated heterocycles. The Morgan fingerprint density at radius 1 is 1.61 bits per heavy atom. The number of sulfonamides is 1. The third-order valence-electron chi connectivity index (χ3n) is 2.72. The van der Waals surface area contributed by atoms with Gasteiger partial charge in [0.05, 0.1) is 6.61 Å². The summed E-state index contributed by atoms with van der Waals surface area (Å²) in [5.41, 5.74) is -0.762. The van der Waals surface area contributed by atoms with E-state index in [2.05, 4.69) is 9.88 Å². The van der Waals surface area contributed by atoms with Crippen LogP contribution >= 0.6 is 0 Å². The number of ether oxygens (including phenoxy) is 1. The molecule has 7 nitrogen and oxygen atoms in total. The van der Waals surface area contributed by atoms with E-state index in [9.17, 15) is 13.5 Å². The van der Waals surface area contributed by atoms with Gasteiger partial charge in [-0.3, -0.25) is 0 Å². The first-order valence-corrected chi connectivity index (χ1v) is 7.23. The van der Waals surface area contributed by atoms with Gasteiger partial charge in [-0.15, -0.1) is 0 Å². The maximum absolute atomic E-state index is 11.8. The van der Waals surface area contributed by atoms with E-state index < -0.39 is 15.6 Å². The average molecular weight is 276 g/mol. The topological polar surface area (TPSA) is 102 Å². The minimum atomic E-state index is -3.53. The van der Waals surface area contributed by atoms with Crippen molar-refractivity contribution in [2.45, 2.75) is 24.7 Å². The summed E-state index contributed by atoms with van der Waals surface area (Å²) in [5.74, 6) is 0.296. The van der Waals surface area contributed by atoms with Crippen LogP contribution < -0.4 is 4.72 Å². The number of nitrogens with one attached hydrogen (secondary N) is 1. The summed E-state index contributed by atoms with van der Waals surface area (Å²) < 4.78 is 35.7. The van der Waals surface area contributed by atoms with Gasteiger partial charge in [0.2, 0.25) is 10.0 Å². The van der Waals surface area contributed by atoms with Gasteiger partial charge in [0.15, 0.2) is 0 Å². The van der Waals surface area contributed by atoms with Gasteiger partial charge < -0.3 is 14.4 Å². The summed E-state index contributed by atoms with van der Waals surface area (Å²) in [4.78, 5) is 0. The molecule has 0 amide bonds. The fraction of sp³-hybridized carbons (Fsp3) is 0.700. The quantitative estimate of drug-likeness (QED) is 0.755. The Bertz CT molecular complexity index is 504. The molecule has 1 atom stereocenters. The predicted molar refractivity (Wildman–Crippen MR) is 62.3 cm³/mol. The van der Waals surface area contributed by atoms with Gasteiger partial charge in [0, 0.05) is 25.6 Å². The summed E-state index contributed by atoms with van der Waals surface area (Å²) in [7, 11) is -3.53. The molecule has 2 heterocycles. The van der Waals surface area contributed by atoms with Crippen molar-refractivity contribution in [2.75, 3.05) is 19.8 Å². The fourth-order valence-corrected chi connectivity index (χ4v) is 2.83. The highest BCUT2D eigenvalue weighted by atomic mass is 32.2. The van der Waals surface area contributed by atoms with Gasteiger partial charge >= 0.3 is 0 Å². The van der Waals surface area contributed by atoms with Crippen molar-refractivity contribution >= 4 is 10.0 Å². The van der Waals surface area contributed by atoms with E-state index in [0.29, 0.717) is 24.5 Å². The highest BCUT2D eigenvalue weighted by Crippen LogP contribution is 2.17. The Hall–Kier alpha value is -0.960. The standard InChI is InChI=1S/C10H16N2O5S/c1-8-4-9(12-17-8)5-18(14,15)11-6-10(13)2-3-16-7-10/h4,11,13H,2-3,5-7H2,1H3. The zero-order valence-corrected chi connectivity index (χ0v) is 10.9. The van der Waals surface area contributed by atoms with Crippen LogP contribution in [0.2, 0.25) is 0 Å². The fourth-order valence-electron chi connectivity index (χ4n) is 1.71. The highest BCUT2D eigenvalue weighted by Gasteiger charge is 2.33. The van der Waals surface area contributed by atoms with Gasteiger partial charge in [-0.25, -0.2) is 13.1 Å². The summed E-state index contributed by atoms with van der Waals surface area (Å²) in [6.45, 7) is 2.24. The van der Waals surface area contributed by atoms with E-state index in [1.807, 2.05) is 0 Å². The number of rotatable bonds is 5. The van der Waals surface area contributed by atoms with Crippen molar-refractivity contribution in [1.82, 2.24) is 9.88 Å². The lowest BCUT2D eigenvalue weighted by atomic mass is 10.1. The van der Waals surface area contributed by atoms with Crippen LogP contribution in [0.15, 0.2) is 10.6 Å². The van der Waals surface area contributed by atoms with Gasteiger partial charge in [0.25, 0.3) is 0 Å². The third-order valence-corrected chi connectivity index (χ3v) is 3.98. The number of hydrogen-bond acceptors (Lipinski definition) is 6. The lowest BCUT2D eigenvalue weighted by Crippen LogP contribution is -2.43. The maximum Gasteiger partial charge on any atom is 0.217 e. The average Bonchev–Trinajstić information content (AvgIpc) is 2.86. The van der Waals surface area contributed by atoms with Crippen molar-refractivity contribution in [3.63, 3.8) is 0 Å². The Morgan fingerprint density at radius 3 is 2.94 bits per heavy atom. The van der Waals surface area contributed by atoms with Crippen LogP contribution in [0.25, 0.3) is 0 Å². The molecule has 1 aliphatic rings. The molecular formula is C10H16N2O5S. The van der Waals surface area contributed by atoms with Crippen LogP contribution in [0.5, 0.6) is 0 Å². The van der Waals surface area contributed by atoms with Gasteiger partial charge in [-0.05, 0) is 6.92 Å². The maximum atomic E-state index is 11.8. The largest absolute Gasteiger partial charge is 0.386 e. The molecule has 1 unspecified atom stereocenters. The van der Waals surface area contributed by atoms with Crippen LogP contribution in [0.4, 0.5) is 0 Å². The Labute approximate surface area is 105 Å². The monoisotopic (exact) mass is 276 g/mol. The Balaban J connectivity index is 1.91. The first-order valence-electron chi connectivity index (χ1n) is 5.58. The minimum Gasteiger partial charge on any atom is -0.386 e. The molecule has 0 saturated carbocycles. The molecule has 2 rings (SSSR count). The van der Waals surface area contributed by atoms with Crippen molar-refractivity contribution in [3.8, 4) is 0 Å². The first-order chi connectivity index (χ1) is 8.39. The smallest absolute Gasteiger partial charge is 0.217 e. The van der Waals surface area contributed by atoms with E-state index >= 15 is 0 Å². The molecule has 1 aromatic heterocycles. The first kappa shape index (κ1) is 13.5. The van der Waals surface area contributed by atoms with Gasteiger partial charge in [-0.2, -0.15) is 0 Å². The number of aromatic nitrogens is 1. The van der Waals surface area contributed by atoms with Crippen LogP contribution in [0.3, 0.4) is 0 Å². The van der Waals surface area contributed by atoms with Crippen molar-refractivity contribution < 1.29 is 22.8 Å². The molecule has 18 heavy (non-hydrogen) atoms. The molecule has 102 valence electrons. The van der Waals surface area contributed by atoms with Gasteiger partial charge in [-0.1, -0.05) is 5.16 Å². The molecule has 0 aliphatic carbocycles. The number of nitrogens with zero attached hydrogens (tertiary/aromatic N) is 1. The highest BCUT2D eigenvalue weighted by molar-refractivity contribution is 7.88. The normalized spacial score (nSPS) is 24.6. The van der Waals surface area contributed by atoms with E-state index in [0.717, 1.165) is 0 Å². The third kappa shape index (κ3) is 3.52. The summed E-state index contributed by atoms with van der Waals surface area (Å²) in [6, 6.07) is 1.56. The Morgan fingerprint density at radius 2 is 2.39 bits per heavy atom. The number of aliphatic hydroxyl groups is 1. The predicted octanol–water partition coefficient (Wildman–Crippen LogP) is -0.446. The molecule has 0 aromatic carbocycles. The summed E-state index contributed by atoms with van der Waals surface area (Å²) >= 11 is 0. The van der Waals surface area contributed by atoms with E-state index in [1.54, 1.807) is 13.0 Å². The molecule has 0 radical (unpaired) electrons. The molecule has 1 aromatic rings.